The summed E-state index contributed by atoms with van der Waals surface area (Å²) in [7, 11) is 0. The number of rotatable bonds is 2. The molecule has 0 aromatic heterocycles. The van der Waals surface area contributed by atoms with Gasteiger partial charge in [-0.05, 0) is 43.9 Å². The van der Waals surface area contributed by atoms with Crippen LogP contribution in [0, 0.1) is 13.8 Å². The molecule has 0 aliphatic heterocycles. The van der Waals surface area contributed by atoms with Crippen LogP contribution in [0.4, 0.5) is 0 Å². The Hall–Kier alpha value is -1.02. The van der Waals surface area contributed by atoms with Crippen molar-refractivity contribution in [1.82, 2.24) is 0 Å². The van der Waals surface area contributed by atoms with Crippen LogP contribution < -0.4 is 4.74 Å². The van der Waals surface area contributed by atoms with Crippen LogP contribution in [0.15, 0.2) is 18.2 Å². The van der Waals surface area contributed by atoms with Gasteiger partial charge in [0, 0.05) is 0 Å². The molecule has 1 aliphatic carbocycles. The highest BCUT2D eigenvalue weighted by atomic mass is 16.5. The fourth-order valence-corrected chi connectivity index (χ4v) is 1.60. The van der Waals surface area contributed by atoms with Gasteiger partial charge in [0.25, 0.3) is 0 Å². The van der Waals surface area contributed by atoms with Crippen molar-refractivity contribution in [3.63, 3.8) is 0 Å². The molecule has 0 saturated heterocycles. The summed E-state index contributed by atoms with van der Waals surface area (Å²) >= 11 is 0. The Labute approximate surface area is 84.5 Å². The molecule has 0 unspecified atom stereocenters. The van der Waals surface area contributed by atoms with Gasteiger partial charge in [-0.3, -0.25) is 0 Å². The Bertz CT molecular complexity index is 333. The molecule has 1 saturated carbocycles. The normalized spacial score (nSPS) is 25.6. The third-order valence-electron chi connectivity index (χ3n) is 3.01. The zero-order valence-corrected chi connectivity index (χ0v) is 8.66. The lowest BCUT2D eigenvalue weighted by Gasteiger charge is -2.33. The molecular weight excluding hydrogens is 176 g/mol. The summed E-state index contributed by atoms with van der Waals surface area (Å²) in [6.07, 6.45) is 1.58. The zero-order chi connectivity index (χ0) is 10.1. The largest absolute Gasteiger partial charge is 0.487 e. The van der Waals surface area contributed by atoms with Crippen LogP contribution in [-0.4, -0.2) is 17.3 Å². The van der Waals surface area contributed by atoms with E-state index in [1.165, 1.54) is 11.1 Å². The molecule has 2 atom stereocenters. The third kappa shape index (κ3) is 1.62. The Balaban J connectivity index is 2.12. The molecule has 0 bridgehead atoms. The van der Waals surface area contributed by atoms with Crippen LogP contribution in [-0.2, 0) is 0 Å². The monoisotopic (exact) mass is 192 g/mol. The molecule has 0 amide bonds. The van der Waals surface area contributed by atoms with Gasteiger partial charge in [0.1, 0.15) is 11.9 Å². The van der Waals surface area contributed by atoms with Gasteiger partial charge >= 0.3 is 0 Å². The minimum atomic E-state index is -0.269. The van der Waals surface area contributed by atoms with Crippen molar-refractivity contribution in [2.75, 3.05) is 0 Å². The second kappa shape index (κ2) is 3.62. The van der Waals surface area contributed by atoms with Crippen LogP contribution in [0.5, 0.6) is 5.75 Å². The molecule has 1 fully saturated rings. The van der Waals surface area contributed by atoms with Crippen LogP contribution in [0.3, 0.4) is 0 Å². The molecule has 1 aromatic rings. The molecule has 76 valence electrons. The van der Waals surface area contributed by atoms with E-state index in [-0.39, 0.29) is 12.2 Å². The second-order valence-electron chi connectivity index (χ2n) is 4.00. The van der Waals surface area contributed by atoms with Gasteiger partial charge in [-0.1, -0.05) is 12.1 Å². The van der Waals surface area contributed by atoms with E-state index in [0.29, 0.717) is 0 Å². The summed E-state index contributed by atoms with van der Waals surface area (Å²) in [5.74, 6) is 0.911. The van der Waals surface area contributed by atoms with E-state index in [1.54, 1.807) is 0 Å². The molecule has 0 heterocycles. The number of ether oxygens (including phenoxy) is 1. The summed E-state index contributed by atoms with van der Waals surface area (Å²) in [6.45, 7) is 4.12. The quantitative estimate of drug-likeness (QED) is 0.778. The van der Waals surface area contributed by atoms with Gasteiger partial charge in [0.15, 0.2) is 0 Å². The fourth-order valence-electron chi connectivity index (χ4n) is 1.60. The molecule has 1 aliphatic rings. The average molecular weight is 192 g/mol. The van der Waals surface area contributed by atoms with Gasteiger partial charge in [-0.15, -0.1) is 0 Å². The zero-order valence-electron chi connectivity index (χ0n) is 8.66. The van der Waals surface area contributed by atoms with E-state index in [4.69, 9.17) is 4.74 Å². The lowest BCUT2D eigenvalue weighted by atomic mass is 9.92. The molecule has 1 aromatic carbocycles. The Morgan fingerprint density at radius 3 is 2.64 bits per heavy atom. The van der Waals surface area contributed by atoms with Gasteiger partial charge in [-0.2, -0.15) is 0 Å². The maximum atomic E-state index is 9.40. The van der Waals surface area contributed by atoms with Crippen LogP contribution in [0.2, 0.25) is 0 Å². The standard InChI is InChI=1S/C12H16O2/c1-8-4-3-5-11(9(8)2)14-12-7-6-10(12)13/h3-5,10,12-13H,6-7H2,1-2H3/t10-,12-/m1/s1. The van der Waals surface area contributed by atoms with E-state index >= 15 is 0 Å². The van der Waals surface area contributed by atoms with Crippen LogP contribution in [0.25, 0.3) is 0 Å². The molecule has 2 rings (SSSR count). The molecule has 0 spiro atoms. The third-order valence-corrected chi connectivity index (χ3v) is 3.01. The number of hydrogen-bond acceptors (Lipinski definition) is 2. The maximum absolute atomic E-state index is 9.40. The summed E-state index contributed by atoms with van der Waals surface area (Å²) in [4.78, 5) is 0. The van der Waals surface area contributed by atoms with Crippen molar-refractivity contribution in [1.29, 1.82) is 0 Å². The van der Waals surface area contributed by atoms with Crippen molar-refractivity contribution in [3.8, 4) is 5.75 Å². The molecule has 2 nitrogen and oxygen atoms in total. The number of benzene rings is 1. The molecule has 2 heteroatoms. The van der Waals surface area contributed by atoms with Gasteiger partial charge < -0.3 is 9.84 Å². The van der Waals surface area contributed by atoms with E-state index in [1.807, 2.05) is 12.1 Å². The average Bonchev–Trinajstić information content (AvgIpc) is 2.18. The van der Waals surface area contributed by atoms with Crippen LogP contribution >= 0.6 is 0 Å². The highest BCUT2D eigenvalue weighted by molar-refractivity contribution is 5.38. The Morgan fingerprint density at radius 2 is 2.07 bits per heavy atom. The summed E-state index contributed by atoms with van der Waals surface area (Å²) in [5.41, 5.74) is 2.41. The Kier molecular flexibility index (Phi) is 2.46. The Morgan fingerprint density at radius 1 is 1.29 bits per heavy atom. The lowest BCUT2D eigenvalue weighted by Crippen LogP contribution is -2.41. The fraction of sp³-hybridized carbons (Fsp3) is 0.500. The molecular formula is C12H16O2. The van der Waals surface area contributed by atoms with Gasteiger partial charge in [0.05, 0.1) is 6.10 Å². The first-order valence-electron chi connectivity index (χ1n) is 5.09. The number of aryl methyl sites for hydroxylation is 1. The second-order valence-corrected chi connectivity index (χ2v) is 4.00. The highest BCUT2D eigenvalue weighted by Gasteiger charge is 2.30. The van der Waals surface area contributed by atoms with Crippen molar-refractivity contribution in [3.05, 3.63) is 29.3 Å². The van der Waals surface area contributed by atoms with Gasteiger partial charge in [0.2, 0.25) is 0 Å². The van der Waals surface area contributed by atoms with Crippen molar-refractivity contribution >= 4 is 0 Å². The van der Waals surface area contributed by atoms with E-state index in [2.05, 4.69) is 19.9 Å². The number of aliphatic hydroxyl groups excluding tert-OH is 1. The predicted molar refractivity (Wildman–Crippen MR) is 55.6 cm³/mol. The van der Waals surface area contributed by atoms with E-state index < -0.39 is 0 Å². The summed E-state index contributed by atoms with van der Waals surface area (Å²) in [5, 5.41) is 9.40. The first kappa shape index (κ1) is 9.53. The van der Waals surface area contributed by atoms with Crippen molar-refractivity contribution < 1.29 is 9.84 Å². The smallest absolute Gasteiger partial charge is 0.125 e. The first-order valence-corrected chi connectivity index (χ1v) is 5.09. The summed E-state index contributed by atoms with van der Waals surface area (Å²) in [6, 6.07) is 6.02. The van der Waals surface area contributed by atoms with Gasteiger partial charge in [-0.25, -0.2) is 0 Å². The minimum Gasteiger partial charge on any atom is -0.487 e. The minimum absolute atomic E-state index is 0.00972. The number of hydrogen-bond donors (Lipinski definition) is 1. The van der Waals surface area contributed by atoms with Crippen LogP contribution in [0.1, 0.15) is 24.0 Å². The lowest BCUT2D eigenvalue weighted by molar-refractivity contribution is -0.0364. The van der Waals surface area contributed by atoms with Crippen molar-refractivity contribution in [2.45, 2.75) is 38.9 Å². The molecule has 1 N–H and O–H groups in total. The number of aliphatic hydroxyl groups is 1. The predicted octanol–water partition coefficient (Wildman–Crippen LogP) is 2.21. The molecule has 0 radical (unpaired) electrons. The van der Waals surface area contributed by atoms with E-state index in [0.717, 1.165) is 18.6 Å². The van der Waals surface area contributed by atoms with E-state index in [9.17, 15) is 5.11 Å². The maximum Gasteiger partial charge on any atom is 0.125 e. The first-order chi connectivity index (χ1) is 6.68. The summed E-state index contributed by atoms with van der Waals surface area (Å²) < 4.78 is 5.72. The highest BCUT2D eigenvalue weighted by Crippen LogP contribution is 2.28. The molecule has 14 heavy (non-hydrogen) atoms. The SMILES string of the molecule is Cc1cccc(O[C@@H]2CC[C@H]2O)c1C. The van der Waals surface area contributed by atoms with Crippen molar-refractivity contribution in [2.24, 2.45) is 0 Å². The topological polar surface area (TPSA) is 29.5 Å².